The summed E-state index contributed by atoms with van der Waals surface area (Å²) in [7, 11) is 0. The highest BCUT2D eigenvalue weighted by atomic mass is 16.5. The first-order valence-corrected chi connectivity index (χ1v) is 11.0. The van der Waals surface area contributed by atoms with Gasteiger partial charge in [0.1, 0.15) is 6.10 Å². The van der Waals surface area contributed by atoms with Gasteiger partial charge in [-0.1, -0.05) is 36.2 Å². The first-order chi connectivity index (χ1) is 13.2. The van der Waals surface area contributed by atoms with Crippen molar-refractivity contribution in [3.8, 4) is 0 Å². The topological polar surface area (TPSA) is 58.9 Å². The van der Waals surface area contributed by atoms with Gasteiger partial charge in [-0.05, 0) is 86.5 Å². The molecule has 6 atom stereocenters. The number of oxime groups is 1. The number of nitrogens with zero attached hydrogens (tertiary/aromatic N) is 1. The van der Waals surface area contributed by atoms with Crippen molar-refractivity contribution in [2.75, 3.05) is 0 Å². The van der Waals surface area contributed by atoms with Crippen molar-refractivity contribution in [2.24, 2.45) is 33.7 Å². The van der Waals surface area contributed by atoms with Gasteiger partial charge in [0.15, 0.2) is 0 Å². The van der Waals surface area contributed by atoms with E-state index in [9.17, 15) is 10.0 Å². The Morgan fingerprint density at radius 2 is 1.86 bits per heavy atom. The molecule has 0 aromatic heterocycles. The third-order valence-corrected chi connectivity index (χ3v) is 8.82. The fourth-order valence-electron chi connectivity index (χ4n) is 7.66. The van der Waals surface area contributed by atoms with E-state index in [0.29, 0.717) is 17.8 Å². The van der Waals surface area contributed by atoms with Gasteiger partial charge < -0.3 is 9.94 Å². The summed E-state index contributed by atoms with van der Waals surface area (Å²) >= 11 is 0. The van der Waals surface area contributed by atoms with Crippen LogP contribution in [0, 0.1) is 28.6 Å². The molecule has 0 radical (unpaired) electrons. The molecule has 0 amide bonds. The van der Waals surface area contributed by atoms with Crippen LogP contribution >= 0.6 is 0 Å². The number of carbonyl (C=O) groups excluding carboxylic acids is 1. The summed E-state index contributed by atoms with van der Waals surface area (Å²) in [6.45, 7) is 10.6. The second-order valence-corrected chi connectivity index (χ2v) is 10.2. The van der Waals surface area contributed by atoms with Crippen LogP contribution in [-0.4, -0.2) is 23.0 Å². The molecule has 0 bridgehead atoms. The van der Waals surface area contributed by atoms with Crippen LogP contribution < -0.4 is 0 Å². The minimum atomic E-state index is -0.155. The van der Waals surface area contributed by atoms with Crippen molar-refractivity contribution in [3.05, 3.63) is 22.8 Å². The lowest BCUT2D eigenvalue weighted by Crippen LogP contribution is -2.50. The summed E-state index contributed by atoms with van der Waals surface area (Å²) in [6.07, 6.45) is 10.3. The number of carbonyl (C=O) groups is 1. The molecule has 0 heterocycles. The molecule has 0 saturated heterocycles. The van der Waals surface area contributed by atoms with Crippen LogP contribution in [0.2, 0.25) is 0 Å². The number of ether oxygens (including phenoxy) is 1. The van der Waals surface area contributed by atoms with Crippen LogP contribution in [0.4, 0.5) is 0 Å². The smallest absolute Gasteiger partial charge is 0.302 e. The maximum absolute atomic E-state index is 11.4. The molecule has 0 unspecified atom stereocenters. The largest absolute Gasteiger partial charge is 0.462 e. The standard InChI is InChI=1S/C24H35NO3/c1-14-12-21-19-7-6-17-13-18(28-16(3)26)8-10-23(17,4)20(19)9-11-24(21,5)22(14)15(2)25-27/h6,18-21,27H,7-13H2,1-5H3/t18-,19+,20-,21-,23-,24-/m0/s1. The summed E-state index contributed by atoms with van der Waals surface area (Å²) in [6, 6.07) is 0. The number of hydrogen-bond donors (Lipinski definition) is 1. The van der Waals surface area contributed by atoms with Gasteiger partial charge in [-0.15, -0.1) is 0 Å². The molecular formula is C24H35NO3. The molecule has 4 nitrogen and oxygen atoms in total. The second-order valence-electron chi connectivity index (χ2n) is 10.2. The quantitative estimate of drug-likeness (QED) is 0.219. The summed E-state index contributed by atoms with van der Waals surface area (Å²) in [4.78, 5) is 11.4. The van der Waals surface area contributed by atoms with Gasteiger partial charge in [-0.3, -0.25) is 4.79 Å². The Bertz CT molecular complexity index is 779. The molecule has 28 heavy (non-hydrogen) atoms. The first-order valence-electron chi connectivity index (χ1n) is 11.0. The van der Waals surface area contributed by atoms with Gasteiger partial charge in [0.25, 0.3) is 0 Å². The summed E-state index contributed by atoms with van der Waals surface area (Å²) in [5, 5.41) is 13.0. The van der Waals surface area contributed by atoms with Crippen LogP contribution in [0.5, 0.6) is 0 Å². The second kappa shape index (κ2) is 6.74. The van der Waals surface area contributed by atoms with Crippen LogP contribution in [0.15, 0.2) is 28.0 Å². The van der Waals surface area contributed by atoms with Crippen molar-refractivity contribution in [3.63, 3.8) is 0 Å². The van der Waals surface area contributed by atoms with Gasteiger partial charge in [-0.25, -0.2) is 0 Å². The average molecular weight is 386 g/mol. The Labute approximate surface area is 169 Å². The molecule has 4 heteroatoms. The van der Waals surface area contributed by atoms with E-state index in [1.165, 1.54) is 36.5 Å². The Morgan fingerprint density at radius 3 is 2.54 bits per heavy atom. The molecule has 2 fully saturated rings. The molecule has 1 N–H and O–H groups in total. The molecule has 4 rings (SSSR count). The van der Waals surface area contributed by atoms with Crippen molar-refractivity contribution in [1.29, 1.82) is 0 Å². The maximum atomic E-state index is 11.4. The fourth-order valence-corrected chi connectivity index (χ4v) is 7.66. The van der Waals surface area contributed by atoms with Gasteiger partial charge in [0, 0.05) is 13.3 Å². The lowest BCUT2D eigenvalue weighted by Gasteiger charge is -2.57. The van der Waals surface area contributed by atoms with E-state index in [1.54, 1.807) is 0 Å². The number of esters is 1. The molecule has 0 aromatic rings. The van der Waals surface area contributed by atoms with Crippen LogP contribution in [-0.2, 0) is 9.53 Å². The van der Waals surface area contributed by atoms with Crippen molar-refractivity contribution < 1.29 is 14.7 Å². The Kier molecular flexibility index (Phi) is 4.75. The zero-order valence-corrected chi connectivity index (χ0v) is 18.0. The lowest BCUT2D eigenvalue weighted by molar-refractivity contribution is -0.148. The number of fused-ring (bicyclic) bond motifs is 5. The zero-order valence-electron chi connectivity index (χ0n) is 18.0. The van der Waals surface area contributed by atoms with Gasteiger partial charge >= 0.3 is 5.97 Å². The van der Waals surface area contributed by atoms with E-state index in [2.05, 4.69) is 32.0 Å². The van der Waals surface area contributed by atoms with Gasteiger partial charge in [-0.2, -0.15) is 0 Å². The summed E-state index contributed by atoms with van der Waals surface area (Å²) in [5.41, 5.74) is 5.46. The maximum Gasteiger partial charge on any atom is 0.302 e. The first kappa shape index (κ1) is 19.7. The third kappa shape index (κ3) is 2.78. The lowest BCUT2D eigenvalue weighted by atomic mass is 9.47. The fraction of sp³-hybridized carbons (Fsp3) is 0.750. The highest BCUT2D eigenvalue weighted by molar-refractivity contribution is 6.00. The monoisotopic (exact) mass is 385 g/mol. The third-order valence-electron chi connectivity index (χ3n) is 8.82. The summed E-state index contributed by atoms with van der Waals surface area (Å²) < 4.78 is 5.55. The van der Waals surface area contributed by atoms with Crippen molar-refractivity contribution in [1.82, 2.24) is 0 Å². The average Bonchev–Trinajstić information content (AvgIpc) is 2.91. The van der Waals surface area contributed by atoms with E-state index in [4.69, 9.17) is 4.74 Å². The highest BCUT2D eigenvalue weighted by Crippen LogP contribution is 2.66. The zero-order chi connectivity index (χ0) is 20.3. The molecule has 2 saturated carbocycles. The van der Waals surface area contributed by atoms with Crippen molar-refractivity contribution >= 4 is 11.7 Å². The van der Waals surface area contributed by atoms with Crippen LogP contribution in [0.1, 0.15) is 79.6 Å². The molecule has 0 aliphatic heterocycles. The molecule has 0 aromatic carbocycles. The molecular weight excluding hydrogens is 350 g/mol. The Morgan fingerprint density at radius 1 is 1.14 bits per heavy atom. The molecule has 4 aliphatic rings. The molecule has 0 spiro atoms. The number of hydrogen-bond acceptors (Lipinski definition) is 4. The number of allylic oxidation sites excluding steroid dienone is 3. The van der Waals surface area contributed by atoms with E-state index in [1.807, 2.05) is 6.92 Å². The van der Waals surface area contributed by atoms with E-state index >= 15 is 0 Å². The van der Waals surface area contributed by atoms with E-state index < -0.39 is 0 Å². The SMILES string of the molecule is CC(=O)O[C@H]1CC[C@@]2(C)C(=CC[C@@H]3[C@@H]2CC[C@]2(C)C(C(C)=NO)=C(C)C[C@@H]32)C1. The van der Waals surface area contributed by atoms with E-state index in [-0.39, 0.29) is 22.9 Å². The number of rotatable bonds is 2. The predicted octanol–water partition coefficient (Wildman–Crippen LogP) is 5.66. The summed E-state index contributed by atoms with van der Waals surface area (Å²) in [5.74, 6) is 1.88. The molecule has 154 valence electrons. The van der Waals surface area contributed by atoms with Crippen LogP contribution in [0.3, 0.4) is 0 Å². The minimum Gasteiger partial charge on any atom is -0.462 e. The normalized spacial score (nSPS) is 43.0. The Balaban J connectivity index is 1.62. The van der Waals surface area contributed by atoms with Gasteiger partial charge in [0.05, 0.1) is 5.71 Å². The Hall–Kier alpha value is -1.58. The minimum absolute atomic E-state index is 0.0626. The van der Waals surface area contributed by atoms with Crippen molar-refractivity contribution in [2.45, 2.75) is 85.7 Å². The predicted molar refractivity (Wildman–Crippen MR) is 110 cm³/mol. The van der Waals surface area contributed by atoms with Gasteiger partial charge in [0.2, 0.25) is 0 Å². The molecule has 4 aliphatic carbocycles. The van der Waals surface area contributed by atoms with Crippen LogP contribution in [0.25, 0.3) is 0 Å². The van der Waals surface area contributed by atoms with E-state index in [0.717, 1.165) is 37.8 Å². The highest BCUT2D eigenvalue weighted by Gasteiger charge is 2.58.